The van der Waals surface area contributed by atoms with Crippen molar-refractivity contribution in [3.63, 3.8) is 0 Å². The summed E-state index contributed by atoms with van der Waals surface area (Å²) in [5, 5.41) is 3.19. The number of hydrogen-bond acceptors (Lipinski definition) is 4. The summed E-state index contributed by atoms with van der Waals surface area (Å²) >= 11 is 0. The molecule has 0 aliphatic carbocycles. The van der Waals surface area contributed by atoms with Gasteiger partial charge in [-0.3, -0.25) is 4.90 Å². The summed E-state index contributed by atoms with van der Waals surface area (Å²) in [6.45, 7) is 9.95. The van der Waals surface area contributed by atoms with Gasteiger partial charge in [0, 0.05) is 45.0 Å². The van der Waals surface area contributed by atoms with Crippen LogP contribution in [0.4, 0.5) is 5.82 Å². The SMILES string of the molecule is CCC(C)N1CCN(c2cc(CNC)ccn2)CC1. The Balaban J connectivity index is 1.95. The van der Waals surface area contributed by atoms with E-state index in [0.717, 1.165) is 38.5 Å². The van der Waals surface area contributed by atoms with Crippen molar-refractivity contribution in [2.75, 3.05) is 38.1 Å². The summed E-state index contributed by atoms with van der Waals surface area (Å²) in [6, 6.07) is 4.98. The molecule has 4 nitrogen and oxygen atoms in total. The predicted molar refractivity (Wildman–Crippen MR) is 80.5 cm³/mol. The van der Waals surface area contributed by atoms with Crippen LogP contribution < -0.4 is 10.2 Å². The van der Waals surface area contributed by atoms with E-state index in [1.54, 1.807) is 0 Å². The van der Waals surface area contributed by atoms with Crippen molar-refractivity contribution in [1.82, 2.24) is 15.2 Å². The zero-order valence-electron chi connectivity index (χ0n) is 12.4. The molecule has 0 saturated carbocycles. The fourth-order valence-electron chi connectivity index (χ4n) is 2.60. The van der Waals surface area contributed by atoms with Gasteiger partial charge in [0.25, 0.3) is 0 Å². The summed E-state index contributed by atoms with van der Waals surface area (Å²) in [6.07, 6.45) is 3.15. The van der Waals surface area contributed by atoms with Gasteiger partial charge in [-0.05, 0) is 38.1 Å². The summed E-state index contributed by atoms with van der Waals surface area (Å²) in [5.41, 5.74) is 1.30. The average Bonchev–Trinajstić information content (AvgIpc) is 2.47. The third-order valence-electron chi connectivity index (χ3n) is 4.04. The first-order valence-corrected chi connectivity index (χ1v) is 7.33. The van der Waals surface area contributed by atoms with Gasteiger partial charge >= 0.3 is 0 Å². The van der Waals surface area contributed by atoms with E-state index in [1.807, 2.05) is 13.2 Å². The van der Waals surface area contributed by atoms with Gasteiger partial charge in [-0.25, -0.2) is 4.98 Å². The van der Waals surface area contributed by atoms with Crippen molar-refractivity contribution < 1.29 is 0 Å². The molecule has 1 aliphatic heterocycles. The Kier molecular flexibility index (Phi) is 5.16. The Morgan fingerprint density at radius 2 is 2.05 bits per heavy atom. The predicted octanol–water partition coefficient (Wildman–Crippen LogP) is 1.72. The summed E-state index contributed by atoms with van der Waals surface area (Å²) < 4.78 is 0. The molecule has 0 spiro atoms. The zero-order valence-corrected chi connectivity index (χ0v) is 12.4. The summed E-state index contributed by atoms with van der Waals surface area (Å²) in [4.78, 5) is 9.49. The minimum absolute atomic E-state index is 0.700. The molecule has 1 fully saturated rings. The van der Waals surface area contributed by atoms with Crippen molar-refractivity contribution in [2.45, 2.75) is 32.9 Å². The van der Waals surface area contributed by atoms with Crippen molar-refractivity contribution >= 4 is 5.82 Å². The van der Waals surface area contributed by atoms with Gasteiger partial charge in [-0.2, -0.15) is 0 Å². The number of rotatable bonds is 5. The Bertz CT molecular complexity index is 385. The molecule has 1 saturated heterocycles. The van der Waals surface area contributed by atoms with Crippen LogP contribution in [0.1, 0.15) is 25.8 Å². The molecule has 19 heavy (non-hydrogen) atoms. The topological polar surface area (TPSA) is 31.4 Å². The first kappa shape index (κ1) is 14.3. The quantitative estimate of drug-likeness (QED) is 0.875. The van der Waals surface area contributed by atoms with Crippen LogP contribution >= 0.6 is 0 Å². The minimum Gasteiger partial charge on any atom is -0.354 e. The maximum atomic E-state index is 4.51. The average molecular weight is 262 g/mol. The Morgan fingerprint density at radius 1 is 1.32 bits per heavy atom. The van der Waals surface area contributed by atoms with Crippen LogP contribution in [-0.2, 0) is 6.54 Å². The van der Waals surface area contributed by atoms with Crippen LogP contribution in [0.15, 0.2) is 18.3 Å². The third-order valence-corrected chi connectivity index (χ3v) is 4.04. The van der Waals surface area contributed by atoms with Gasteiger partial charge in [0.05, 0.1) is 0 Å². The van der Waals surface area contributed by atoms with Crippen molar-refractivity contribution in [2.24, 2.45) is 0 Å². The number of piperazine rings is 1. The lowest BCUT2D eigenvalue weighted by Gasteiger charge is -2.38. The largest absolute Gasteiger partial charge is 0.354 e. The van der Waals surface area contributed by atoms with Crippen molar-refractivity contribution in [3.8, 4) is 0 Å². The second kappa shape index (κ2) is 6.87. The number of nitrogens with zero attached hydrogens (tertiary/aromatic N) is 3. The lowest BCUT2D eigenvalue weighted by atomic mass is 10.2. The minimum atomic E-state index is 0.700. The van der Waals surface area contributed by atoms with E-state index in [1.165, 1.54) is 12.0 Å². The van der Waals surface area contributed by atoms with Crippen LogP contribution in [0.3, 0.4) is 0 Å². The number of pyridine rings is 1. The molecule has 1 unspecified atom stereocenters. The molecule has 106 valence electrons. The maximum Gasteiger partial charge on any atom is 0.128 e. The molecule has 1 atom stereocenters. The van der Waals surface area contributed by atoms with Crippen LogP contribution in [0.2, 0.25) is 0 Å². The normalized spacial score (nSPS) is 18.6. The summed E-state index contributed by atoms with van der Waals surface area (Å²) in [5.74, 6) is 1.12. The molecule has 1 aromatic rings. The standard InChI is InChI=1S/C15H26N4/c1-4-13(2)18-7-9-19(10-8-18)15-11-14(12-16-3)5-6-17-15/h5-6,11,13,16H,4,7-10,12H2,1-3H3. The van der Waals surface area contributed by atoms with Gasteiger partial charge in [0.15, 0.2) is 0 Å². The molecule has 2 heterocycles. The number of nitrogens with one attached hydrogen (secondary N) is 1. The molecule has 0 amide bonds. The molecule has 1 N–H and O–H groups in total. The lowest BCUT2D eigenvalue weighted by Crippen LogP contribution is -2.49. The highest BCUT2D eigenvalue weighted by Gasteiger charge is 2.20. The van der Waals surface area contributed by atoms with E-state index in [9.17, 15) is 0 Å². The van der Waals surface area contributed by atoms with E-state index in [-0.39, 0.29) is 0 Å². The van der Waals surface area contributed by atoms with Crippen molar-refractivity contribution in [3.05, 3.63) is 23.9 Å². The Hall–Kier alpha value is -1.13. The van der Waals surface area contributed by atoms with Gasteiger partial charge in [-0.1, -0.05) is 6.92 Å². The Morgan fingerprint density at radius 3 is 2.68 bits per heavy atom. The smallest absolute Gasteiger partial charge is 0.128 e. The highest BCUT2D eigenvalue weighted by atomic mass is 15.3. The second-order valence-electron chi connectivity index (χ2n) is 5.33. The molecule has 0 bridgehead atoms. The zero-order chi connectivity index (χ0) is 13.7. The van der Waals surface area contributed by atoms with Crippen LogP contribution in [0, 0.1) is 0 Å². The molecule has 1 aromatic heterocycles. The number of aromatic nitrogens is 1. The molecule has 4 heteroatoms. The van der Waals surface area contributed by atoms with Crippen LogP contribution in [-0.4, -0.2) is 49.2 Å². The Labute approximate surface area is 116 Å². The van der Waals surface area contributed by atoms with Gasteiger partial charge in [-0.15, -0.1) is 0 Å². The monoisotopic (exact) mass is 262 g/mol. The van der Waals surface area contributed by atoms with E-state index in [2.05, 4.69) is 46.1 Å². The number of anilines is 1. The van der Waals surface area contributed by atoms with Gasteiger partial charge in [0.2, 0.25) is 0 Å². The lowest BCUT2D eigenvalue weighted by molar-refractivity contribution is 0.192. The number of hydrogen-bond donors (Lipinski definition) is 1. The van der Waals surface area contributed by atoms with E-state index < -0.39 is 0 Å². The molecular weight excluding hydrogens is 236 g/mol. The molecular formula is C15H26N4. The van der Waals surface area contributed by atoms with E-state index in [4.69, 9.17) is 0 Å². The van der Waals surface area contributed by atoms with Gasteiger partial charge in [0.1, 0.15) is 5.82 Å². The molecule has 2 rings (SSSR count). The molecule has 0 aromatic carbocycles. The van der Waals surface area contributed by atoms with E-state index in [0.29, 0.717) is 6.04 Å². The fraction of sp³-hybridized carbons (Fsp3) is 0.667. The third kappa shape index (κ3) is 3.67. The highest BCUT2D eigenvalue weighted by Crippen LogP contribution is 2.16. The van der Waals surface area contributed by atoms with Crippen LogP contribution in [0.25, 0.3) is 0 Å². The fourth-order valence-corrected chi connectivity index (χ4v) is 2.60. The van der Waals surface area contributed by atoms with Crippen molar-refractivity contribution in [1.29, 1.82) is 0 Å². The molecule has 0 radical (unpaired) electrons. The highest BCUT2D eigenvalue weighted by molar-refractivity contribution is 5.41. The van der Waals surface area contributed by atoms with Gasteiger partial charge < -0.3 is 10.2 Å². The second-order valence-corrected chi connectivity index (χ2v) is 5.33. The first-order valence-electron chi connectivity index (χ1n) is 7.33. The van der Waals surface area contributed by atoms with E-state index >= 15 is 0 Å². The summed E-state index contributed by atoms with van der Waals surface area (Å²) in [7, 11) is 1.98. The molecule has 1 aliphatic rings. The first-order chi connectivity index (χ1) is 9.24. The maximum absolute atomic E-state index is 4.51. The van der Waals surface area contributed by atoms with Crippen LogP contribution in [0.5, 0.6) is 0 Å².